The lowest BCUT2D eigenvalue weighted by atomic mass is 10.0. The van der Waals surface area contributed by atoms with Gasteiger partial charge in [-0.1, -0.05) is 6.07 Å². The smallest absolute Gasteiger partial charge is 0.305 e. The Labute approximate surface area is 94.3 Å². The van der Waals surface area contributed by atoms with Gasteiger partial charge in [0.15, 0.2) is 11.5 Å². The molecule has 6 heteroatoms. The van der Waals surface area contributed by atoms with E-state index in [9.17, 15) is 15.0 Å². The van der Waals surface area contributed by atoms with E-state index < -0.39 is 17.8 Å². The standard InChI is InChI=1S/C9H10BrNO4/c10-5-2-1-4(8(14)9(5)15)6(11)3-7(12)13/h1-2,6,14-15H,3,11H2,(H,12,13). The fourth-order valence-corrected chi connectivity index (χ4v) is 1.49. The normalized spacial score (nSPS) is 12.4. The molecule has 1 atom stereocenters. The molecule has 5 N–H and O–H groups in total. The average Bonchev–Trinajstić information content (AvgIpc) is 2.13. The summed E-state index contributed by atoms with van der Waals surface area (Å²) in [6.45, 7) is 0. The number of nitrogens with two attached hydrogens (primary N) is 1. The molecule has 82 valence electrons. The third-order valence-corrected chi connectivity index (χ3v) is 2.57. The number of aliphatic carboxylic acids is 1. The molecule has 0 aliphatic rings. The molecule has 0 bridgehead atoms. The third-order valence-electron chi connectivity index (χ3n) is 1.93. The highest BCUT2D eigenvalue weighted by atomic mass is 79.9. The Kier molecular flexibility index (Phi) is 3.54. The summed E-state index contributed by atoms with van der Waals surface area (Å²) in [5.41, 5.74) is 5.76. The Balaban J connectivity index is 3.05. The maximum absolute atomic E-state index is 10.4. The number of carboxylic acid groups (broad SMARTS) is 1. The highest BCUT2D eigenvalue weighted by Crippen LogP contribution is 2.38. The van der Waals surface area contributed by atoms with Crippen LogP contribution in [0.1, 0.15) is 18.0 Å². The lowest BCUT2D eigenvalue weighted by Crippen LogP contribution is -2.15. The molecule has 1 rings (SSSR count). The quantitative estimate of drug-likeness (QED) is 0.623. The van der Waals surface area contributed by atoms with E-state index in [4.69, 9.17) is 10.8 Å². The summed E-state index contributed by atoms with van der Waals surface area (Å²) in [7, 11) is 0. The molecule has 1 unspecified atom stereocenters. The van der Waals surface area contributed by atoms with Crippen molar-refractivity contribution in [2.45, 2.75) is 12.5 Å². The van der Waals surface area contributed by atoms with E-state index in [0.717, 1.165) is 0 Å². The number of aromatic hydroxyl groups is 2. The summed E-state index contributed by atoms with van der Waals surface area (Å²) in [6, 6.07) is 2.11. The number of phenols is 2. The number of halogens is 1. The zero-order valence-corrected chi connectivity index (χ0v) is 9.23. The first-order valence-electron chi connectivity index (χ1n) is 4.11. The Morgan fingerprint density at radius 2 is 2.00 bits per heavy atom. The van der Waals surface area contributed by atoms with Crippen molar-refractivity contribution in [3.8, 4) is 11.5 Å². The van der Waals surface area contributed by atoms with Gasteiger partial charge in [-0.2, -0.15) is 0 Å². The Morgan fingerprint density at radius 1 is 1.40 bits per heavy atom. The second-order valence-electron chi connectivity index (χ2n) is 3.04. The molecule has 0 aliphatic carbocycles. The molecule has 0 aromatic heterocycles. The molecule has 0 radical (unpaired) electrons. The number of carbonyl (C=O) groups is 1. The lowest BCUT2D eigenvalue weighted by molar-refractivity contribution is -0.137. The number of rotatable bonds is 3. The van der Waals surface area contributed by atoms with Gasteiger partial charge in [-0.05, 0) is 22.0 Å². The summed E-state index contributed by atoms with van der Waals surface area (Å²) in [5.74, 6) is -1.80. The van der Waals surface area contributed by atoms with Gasteiger partial charge in [-0.3, -0.25) is 4.79 Å². The fourth-order valence-electron chi connectivity index (χ4n) is 1.17. The van der Waals surface area contributed by atoms with Gasteiger partial charge in [0.1, 0.15) is 0 Å². The van der Waals surface area contributed by atoms with Crippen LogP contribution in [-0.2, 0) is 4.79 Å². The van der Waals surface area contributed by atoms with Crippen molar-refractivity contribution in [3.05, 3.63) is 22.2 Å². The molecule has 0 saturated carbocycles. The lowest BCUT2D eigenvalue weighted by Gasteiger charge is -2.12. The van der Waals surface area contributed by atoms with Crippen molar-refractivity contribution in [3.63, 3.8) is 0 Å². The zero-order valence-electron chi connectivity index (χ0n) is 7.64. The van der Waals surface area contributed by atoms with E-state index in [2.05, 4.69) is 15.9 Å². The minimum atomic E-state index is -1.07. The highest BCUT2D eigenvalue weighted by molar-refractivity contribution is 9.10. The maximum Gasteiger partial charge on any atom is 0.305 e. The van der Waals surface area contributed by atoms with Crippen LogP contribution in [0, 0.1) is 0 Å². The van der Waals surface area contributed by atoms with Crippen LogP contribution in [0.25, 0.3) is 0 Å². The molecule has 1 aromatic carbocycles. The Morgan fingerprint density at radius 3 is 2.53 bits per heavy atom. The van der Waals surface area contributed by atoms with Crippen LogP contribution < -0.4 is 5.73 Å². The van der Waals surface area contributed by atoms with E-state index in [1.165, 1.54) is 12.1 Å². The SMILES string of the molecule is NC(CC(=O)O)c1ccc(Br)c(O)c1O. The van der Waals surface area contributed by atoms with Gasteiger partial charge in [0.25, 0.3) is 0 Å². The van der Waals surface area contributed by atoms with Gasteiger partial charge in [0.2, 0.25) is 0 Å². The topological polar surface area (TPSA) is 104 Å². The molecule has 0 heterocycles. The summed E-state index contributed by atoms with van der Waals surface area (Å²) >= 11 is 3.01. The monoisotopic (exact) mass is 275 g/mol. The summed E-state index contributed by atoms with van der Waals surface area (Å²) in [6.07, 6.45) is -0.311. The van der Waals surface area contributed by atoms with Crippen molar-refractivity contribution in [1.82, 2.24) is 0 Å². The van der Waals surface area contributed by atoms with Gasteiger partial charge >= 0.3 is 5.97 Å². The van der Waals surface area contributed by atoms with Crippen LogP contribution in [0.4, 0.5) is 0 Å². The van der Waals surface area contributed by atoms with Crippen molar-refractivity contribution >= 4 is 21.9 Å². The highest BCUT2D eigenvalue weighted by Gasteiger charge is 2.18. The van der Waals surface area contributed by atoms with E-state index in [1.807, 2.05) is 0 Å². The fraction of sp³-hybridized carbons (Fsp3) is 0.222. The molecule has 0 amide bonds. The van der Waals surface area contributed by atoms with Crippen molar-refractivity contribution in [2.24, 2.45) is 5.73 Å². The number of hydrogen-bond acceptors (Lipinski definition) is 4. The Bertz CT molecular complexity index is 394. The van der Waals surface area contributed by atoms with Crippen molar-refractivity contribution < 1.29 is 20.1 Å². The number of phenolic OH excluding ortho intramolecular Hbond substituents is 2. The predicted octanol–water partition coefficient (Wildman–Crippen LogP) is 1.33. The minimum absolute atomic E-state index is 0.207. The van der Waals surface area contributed by atoms with Gasteiger partial charge in [-0.15, -0.1) is 0 Å². The number of carboxylic acids is 1. The summed E-state index contributed by atoms with van der Waals surface area (Å²) in [5, 5.41) is 27.4. The molecule has 0 aliphatic heterocycles. The summed E-state index contributed by atoms with van der Waals surface area (Å²) < 4.78 is 0.325. The molecule has 15 heavy (non-hydrogen) atoms. The number of hydrogen-bond donors (Lipinski definition) is 4. The molecule has 5 nitrogen and oxygen atoms in total. The second-order valence-corrected chi connectivity index (χ2v) is 3.89. The molecule has 0 fully saturated rings. The predicted molar refractivity (Wildman–Crippen MR) is 56.7 cm³/mol. The Hall–Kier alpha value is -1.27. The van der Waals surface area contributed by atoms with Crippen LogP contribution in [-0.4, -0.2) is 21.3 Å². The third kappa shape index (κ3) is 2.60. The first-order valence-corrected chi connectivity index (χ1v) is 4.90. The van der Waals surface area contributed by atoms with E-state index in [-0.39, 0.29) is 17.7 Å². The largest absolute Gasteiger partial charge is 0.504 e. The number of benzene rings is 1. The van der Waals surface area contributed by atoms with Gasteiger partial charge in [0.05, 0.1) is 10.9 Å². The van der Waals surface area contributed by atoms with Crippen LogP contribution in [0.15, 0.2) is 16.6 Å². The first kappa shape index (κ1) is 11.8. The summed E-state index contributed by atoms with van der Waals surface area (Å²) in [4.78, 5) is 10.4. The average molecular weight is 276 g/mol. The van der Waals surface area contributed by atoms with Crippen LogP contribution in [0.3, 0.4) is 0 Å². The zero-order chi connectivity index (χ0) is 11.6. The van der Waals surface area contributed by atoms with Crippen LogP contribution >= 0.6 is 15.9 Å². The van der Waals surface area contributed by atoms with Crippen LogP contribution in [0.5, 0.6) is 11.5 Å². The molecule has 0 saturated heterocycles. The van der Waals surface area contributed by atoms with Gasteiger partial charge < -0.3 is 21.1 Å². The maximum atomic E-state index is 10.4. The molecular weight excluding hydrogens is 266 g/mol. The molecule has 1 aromatic rings. The molecular formula is C9H10BrNO4. The van der Waals surface area contributed by atoms with E-state index in [1.54, 1.807) is 0 Å². The van der Waals surface area contributed by atoms with E-state index in [0.29, 0.717) is 4.47 Å². The van der Waals surface area contributed by atoms with Crippen molar-refractivity contribution in [2.75, 3.05) is 0 Å². The first-order chi connectivity index (χ1) is 6.93. The molecule has 0 spiro atoms. The van der Waals surface area contributed by atoms with Crippen molar-refractivity contribution in [1.29, 1.82) is 0 Å². The van der Waals surface area contributed by atoms with Gasteiger partial charge in [-0.25, -0.2) is 0 Å². The van der Waals surface area contributed by atoms with Crippen LogP contribution in [0.2, 0.25) is 0 Å². The minimum Gasteiger partial charge on any atom is -0.504 e. The van der Waals surface area contributed by atoms with E-state index >= 15 is 0 Å². The van der Waals surface area contributed by atoms with Gasteiger partial charge in [0, 0.05) is 11.6 Å². The second kappa shape index (κ2) is 4.50.